The number of esters is 1. The van der Waals surface area contributed by atoms with Crippen molar-refractivity contribution in [2.24, 2.45) is 0 Å². The highest BCUT2D eigenvalue weighted by Crippen LogP contribution is 2.34. The SMILES string of the molecule is C=CC(=O)Oc1ccccc1C(=O)Nc1cc(Cl)c([N+](=O)[O-])cc1Cl. The Kier molecular flexibility index (Phi) is 5.74. The number of nitrogens with zero attached hydrogens (tertiary/aromatic N) is 1. The summed E-state index contributed by atoms with van der Waals surface area (Å²) in [5.74, 6) is -1.34. The average Bonchev–Trinajstić information content (AvgIpc) is 2.57. The van der Waals surface area contributed by atoms with Crippen molar-refractivity contribution in [2.45, 2.75) is 0 Å². The summed E-state index contributed by atoms with van der Waals surface area (Å²) < 4.78 is 4.99. The van der Waals surface area contributed by atoms with Crippen molar-refractivity contribution in [1.82, 2.24) is 0 Å². The summed E-state index contributed by atoms with van der Waals surface area (Å²) in [6.07, 6.45) is 0.960. The fourth-order valence-electron chi connectivity index (χ4n) is 1.85. The Morgan fingerprint density at radius 3 is 2.52 bits per heavy atom. The van der Waals surface area contributed by atoms with Gasteiger partial charge >= 0.3 is 5.97 Å². The van der Waals surface area contributed by atoms with Gasteiger partial charge in [-0.25, -0.2) is 4.79 Å². The Morgan fingerprint density at radius 2 is 1.88 bits per heavy atom. The molecule has 0 bridgehead atoms. The summed E-state index contributed by atoms with van der Waals surface area (Å²) in [4.78, 5) is 33.9. The van der Waals surface area contributed by atoms with Crippen LogP contribution in [0.2, 0.25) is 10.0 Å². The second-order valence-corrected chi connectivity index (χ2v) is 5.43. The van der Waals surface area contributed by atoms with Crippen LogP contribution < -0.4 is 10.1 Å². The van der Waals surface area contributed by atoms with Gasteiger partial charge in [0.05, 0.1) is 21.2 Å². The molecule has 0 radical (unpaired) electrons. The summed E-state index contributed by atoms with van der Waals surface area (Å²) >= 11 is 11.8. The van der Waals surface area contributed by atoms with Gasteiger partial charge in [0.25, 0.3) is 11.6 Å². The molecule has 0 atom stereocenters. The molecule has 0 aliphatic heterocycles. The number of rotatable bonds is 5. The molecule has 2 rings (SSSR count). The first kappa shape index (κ1) is 18.4. The Hall–Kier alpha value is -2.90. The third kappa shape index (κ3) is 4.34. The lowest BCUT2D eigenvalue weighted by Crippen LogP contribution is -2.15. The molecule has 1 amide bonds. The fourth-order valence-corrected chi connectivity index (χ4v) is 2.29. The monoisotopic (exact) mass is 380 g/mol. The summed E-state index contributed by atoms with van der Waals surface area (Å²) in [7, 11) is 0. The molecule has 25 heavy (non-hydrogen) atoms. The van der Waals surface area contributed by atoms with E-state index in [1.807, 2.05) is 0 Å². The van der Waals surface area contributed by atoms with E-state index in [2.05, 4.69) is 11.9 Å². The number of ether oxygens (including phenoxy) is 1. The van der Waals surface area contributed by atoms with Crippen LogP contribution in [-0.4, -0.2) is 16.8 Å². The molecule has 1 N–H and O–H groups in total. The number of para-hydroxylation sites is 1. The molecule has 0 saturated carbocycles. The molecule has 2 aromatic rings. The van der Waals surface area contributed by atoms with Crippen molar-refractivity contribution in [2.75, 3.05) is 5.32 Å². The van der Waals surface area contributed by atoms with Crippen LogP contribution in [-0.2, 0) is 4.79 Å². The number of hydrogen-bond donors (Lipinski definition) is 1. The highest BCUT2D eigenvalue weighted by atomic mass is 35.5. The molecule has 0 aromatic heterocycles. The second-order valence-electron chi connectivity index (χ2n) is 4.62. The lowest BCUT2D eigenvalue weighted by atomic mass is 10.1. The van der Waals surface area contributed by atoms with Gasteiger partial charge in [-0.3, -0.25) is 14.9 Å². The molecule has 128 valence electrons. The van der Waals surface area contributed by atoms with Gasteiger partial charge in [-0.1, -0.05) is 41.9 Å². The highest BCUT2D eigenvalue weighted by Gasteiger charge is 2.19. The maximum Gasteiger partial charge on any atom is 0.335 e. The molecule has 0 unspecified atom stereocenters. The second kappa shape index (κ2) is 7.78. The molecular weight excluding hydrogens is 371 g/mol. The summed E-state index contributed by atoms with van der Waals surface area (Å²) in [6.45, 7) is 3.28. The normalized spacial score (nSPS) is 10.0. The first-order valence-electron chi connectivity index (χ1n) is 6.71. The number of nitrogens with one attached hydrogen (secondary N) is 1. The van der Waals surface area contributed by atoms with Crippen molar-refractivity contribution in [3.05, 3.63) is 74.8 Å². The van der Waals surface area contributed by atoms with Crippen LogP contribution in [0.25, 0.3) is 0 Å². The molecular formula is C16H10Cl2N2O5. The number of hydrogen-bond acceptors (Lipinski definition) is 5. The first-order valence-corrected chi connectivity index (χ1v) is 7.47. The average molecular weight is 381 g/mol. The number of anilines is 1. The molecule has 0 spiro atoms. The minimum Gasteiger partial charge on any atom is -0.423 e. The van der Waals surface area contributed by atoms with Gasteiger partial charge in [0.15, 0.2) is 0 Å². The number of halogens is 2. The van der Waals surface area contributed by atoms with Crippen LogP contribution in [0.15, 0.2) is 49.1 Å². The Labute approximate surface area is 152 Å². The van der Waals surface area contributed by atoms with Gasteiger partial charge in [0.1, 0.15) is 10.8 Å². The van der Waals surface area contributed by atoms with Gasteiger partial charge < -0.3 is 10.1 Å². The van der Waals surface area contributed by atoms with Crippen LogP contribution in [0.1, 0.15) is 10.4 Å². The van der Waals surface area contributed by atoms with Gasteiger partial charge in [0.2, 0.25) is 0 Å². The third-order valence-electron chi connectivity index (χ3n) is 2.99. The molecule has 0 saturated heterocycles. The van der Waals surface area contributed by atoms with Crippen LogP contribution in [0, 0.1) is 10.1 Å². The fraction of sp³-hybridized carbons (Fsp3) is 0. The number of amides is 1. The third-order valence-corrected chi connectivity index (χ3v) is 3.61. The van der Waals surface area contributed by atoms with E-state index in [9.17, 15) is 19.7 Å². The number of carbonyl (C=O) groups is 2. The van der Waals surface area contributed by atoms with Crippen LogP contribution in [0.4, 0.5) is 11.4 Å². The van der Waals surface area contributed by atoms with E-state index >= 15 is 0 Å². The summed E-state index contributed by atoms with van der Waals surface area (Å²) in [5, 5.41) is 13.0. The van der Waals surface area contributed by atoms with Crippen LogP contribution >= 0.6 is 23.2 Å². The molecule has 7 nitrogen and oxygen atoms in total. The Bertz CT molecular complexity index is 883. The van der Waals surface area contributed by atoms with Crippen molar-refractivity contribution in [1.29, 1.82) is 0 Å². The van der Waals surface area contributed by atoms with Gasteiger partial charge in [-0.15, -0.1) is 0 Å². The van der Waals surface area contributed by atoms with Crippen molar-refractivity contribution in [3.8, 4) is 5.75 Å². The predicted molar refractivity (Wildman–Crippen MR) is 93.3 cm³/mol. The van der Waals surface area contributed by atoms with E-state index in [1.165, 1.54) is 12.1 Å². The van der Waals surface area contributed by atoms with E-state index < -0.39 is 16.8 Å². The Balaban J connectivity index is 2.32. The molecule has 2 aromatic carbocycles. The smallest absolute Gasteiger partial charge is 0.335 e. The zero-order valence-electron chi connectivity index (χ0n) is 12.5. The predicted octanol–water partition coefficient (Wildman–Crippen LogP) is 4.25. The van der Waals surface area contributed by atoms with Gasteiger partial charge in [-0.05, 0) is 18.2 Å². The van der Waals surface area contributed by atoms with Gasteiger partial charge in [-0.2, -0.15) is 0 Å². The van der Waals surface area contributed by atoms with Crippen LogP contribution in [0.3, 0.4) is 0 Å². The number of benzene rings is 2. The van der Waals surface area contributed by atoms with Gasteiger partial charge in [0, 0.05) is 12.1 Å². The zero-order chi connectivity index (χ0) is 18.6. The minimum atomic E-state index is -0.725. The van der Waals surface area contributed by atoms with E-state index in [-0.39, 0.29) is 32.7 Å². The maximum absolute atomic E-state index is 12.4. The largest absolute Gasteiger partial charge is 0.423 e. The van der Waals surface area contributed by atoms with Crippen molar-refractivity contribution < 1.29 is 19.2 Å². The quantitative estimate of drug-likeness (QED) is 0.275. The van der Waals surface area contributed by atoms with E-state index in [0.717, 1.165) is 18.2 Å². The van der Waals surface area contributed by atoms with Crippen LogP contribution in [0.5, 0.6) is 5.75 Å². The first-order chi connectivity index (χ1) is 11.8. The standard InChI is InChI=1S/C16H10Cl2N2O5/c1-2-15(21)25-14-6-4-3-5-9(14)16(22)19-12-7-11(18)13(20(23)24)8-10(12)17/h2-8H,1H2,(H,19,22). The number of nitro benzene ring substituents is 1. The topological polar surface area (TPSA) is 98.5 Å². The summed E-state index contributed by atoms with van der Waals surface area (Å²) in [5.41, 5.74) is -0.250. The van der Waals surface area contributed by atoms with Crippen molar-refractivity contribution >= 4 is 46.5 Å². The van der Waals surface area contributed by atoms with E-state index in [4.69, 9.17) is 27.9 Å². The minimum absolute atomic E-state index is 0.0223. The number of nitro groups is 1. The Morgan fingerprint density at radius 1 is 1.20 bits per heavy atom. The lowest BCUT2D eigenvalue weighted by Gasteiger charge is -2.11. The zero-order valence-corrected chi connectivity index (χ0v) is 14.0. The van der Waals surface area contributed by atoms with E-state index in [1.54, 1.807) is 12.1 Å². The lowest BCUT2D eigenvalue weighted by molar-refractivity contribution is -0.384. The van der Waals surface area contributed by atoms with E-state index in [0.29, 0.717) is 0 Å². The number of carbonyl (C=O) groups excluding carboxylic acids is 2. The molecule has 0 aliphatic rings. The maximum atomic E-state index is 12.4. The molecule has 0 fully saturated rings. The highest BCUT2D eigenvalue weighted by molar-refractivity contribution is 6.37. The summed E-state index contributed by atoms with van der Waals surface area (Å²) in [6, 6.07) is 8.22. The molecule has 0 aliphatic carbocycles. The van der Waals surface area contributed by atoms with Crippen molar-refractivity contribution in [3.63, 3.8) is 0 Å². The molecule has 9 heteroatoms. The molecule has 0 heterocycles.